The van der Waals surface area contributed by atoms with Crippen LogP contribution in [0.4, 0.5) is 0 Å². The molecular formula is C50H29N3S. The number of benzene rings is 8. The lowest BCUT2D eigenvalue weighted by Crippen LogP contribution is -2.31. The fraction of sp³-hybridized carbons (Fsp3) is 0.0200. The molecule has 0 radical (unpaired) electrons. The third kappa shape index (κ3) is 3.95. The quantitative estimate of drug-likeness (QED) is 0.184. The fourth-order valence-corrected chi connectivity index (χ4v) is 10.7. The van der Waals surface area contributed by atoms with Crippen LogP contribution in [0.25, 0.3) is 78.1 Å². The summed E-state index contributed by atoms with van der Waals surface area (Å²) in [5.74, 6) is 0.611. The first kappa shape index (κ1) is 29.9. The maximum Gasteiger partial charge on any atom is 0.182 e. The van der Waals surface area contributed by atoms with Crippen LogP contribution in [-0.2, 0) is 5.41 Å². The van der Waals surface area contributed by atoms with E-state index < -0.39 is 5.41 Å². The molecule has 3 nitrogen and oxygen atoms in total. The van der Waals surface area contributed by atoms with Gasteiger partial charge in [-0.25, -0.2) is 4.98 Å². The molecule has 3 aliphatic rings. The van der Waals surface area contributed by atoms with Crippen molar-refractivity contribution in [3.05, 3.63) is 198 Å². The van der Waals surface area contributed by atoms with E-state index in [2.05, 4.69) is 170 Å². The van der Waals surface area contributed by atoms with Gasteiger partial charge in [0.2, 0.25) is 0 Å². The second-order valence-corrected chi connectivity index (χ2v) is 15.4. The van der Waals surface area contributed by atoms with Crippen LogP contribution in [0, 0.1) is 0 Å². The average Bonchev–Trinajstić information content (AvgIpc) is 3.73. The molecule has 0 fully saturated rings. The summed E-state index contributed by atoms with van der Waals surface area (Å²) in [6.07, 6.45) is 0. The zero-order valence-corrected chi connectivity index (χ0v) is 29.8. The average molecular weight is 704 g/mol. The van der Waals surface area contributed by atoms with Crippen molar-refractivity contribution < 1.29 is 0 Å². The molecule has 8 aromatic carbocycles. The van der Waals surface area contributed by atoms with Crippen molar-refractivity contribution >= 4 is 22.5 Å². The molecule has 0 amide bonds. The summed E-state index contributed by atoms with van der Waals surface area (Å²) in [6, 6.07) is 63.7. The van der Waals surface area contributed by atoms with Crippen molar-refractivity contribution in [3.63, 3.8) is 0 Å². The van der Waals surface area contributed by atoms with Crippen molar-refractivity contribution in [3.8, 4) is 67.3 Å². The highest BCUT2D eigenvalue weighted by molar-refractivity contribution is 7.99. The van der Waals surface area contributed by atoms with Crippen LogP contribution in [0.3, 0.4) is 0 Å². The maximum absolute atomic E-state index is 5.37. The molecule has 4 heteroatoms. The van der Waals surface area contributed by atoms with E-state index in [0.29, 0.717) is 5.82 Å². The van der Waals surface area contributed by atoms with Gasteiger partial charge in [-0.1, -0.05) is 176 Å². The minimum atomic E-state index is -0.420. The van der Waals surface area contributed by atoms with Crippen molar-refractivity contribution in [1.29, 1.82) is 0 Å². The predicted octanol–water partition coefficient (Wildman–Crippen LogP) is 12.5. The summed E-state index contributed by atoms with van der Waals surface area (Å²) in [5.41, 5.74) is 17.1. The highest BCUT2D eigenvalue weighted by Gasteiger charge is 2.50. The number of rotatable bonds is 3. The number of aromatic nitrogens is 3. The lowest BCUT2D eigenvalue weighted by molar-refractivity contribution is 0.722. The van der Waals surface area contributed by atoms with Crippen molar-refractivity contribution in [1.82, 2.24) is 15.2 Å². The fourth-order valence-electron chi connectivity index (χ4n) is 9.44. The first-order valence-corrected chi connectivity index (χ1v) is 19.2. The minimum Gasteiger partial charge on any atom is -0.224 e. The summed E-state index contributed by atoms with van der Waals surface area (Å²) in [4.78, 5) is 7.84. The van der Waals surface area contributed by atoms with Crippen LogP contribution in [0.2, 0.25) is 0 Å². The zero-order chi connectivity index (χ0) is 35.4. The van der Waals surface area contributed by atoms with E-state index >= 15 is 0 Å². The van der Waals surface area contributed by atoms with Gasteiger partial charge in [-0.2, -0.15) is 0 Å². The van der Waals surface area contributed by atoms with Gasteiger partial charge in [-0.05, 0) is 78.5 Å². The normalized spacial score (nSPS) is 13.6. The van der Waals surface area contributed by atoms with E-state index in [1.165, 1.54) is 70.8 Å². The van der Waals surface area contributed by atoms with Crippen LogP contribution in [0.1, 0.15) is 22.3 Å². The van der Waals surface area contributed by atoms with Crippen LogP contribution >= 0.6 is 11.8 Å². The summed E-state index contributed by atoms with van der Waals surface area (Å²) < 4.78 is 0. The van der Waals surface area contributed by atoms with Gasteiger partial charge < -0.3 is 0 Å². The van der Waals surface area contributed by atoms with Crippen molar-refractivity contribution in [2.75, 3.05) is 0 Å². The Morgan fingerprint density at radius 1 is 0.370 bits per heavy atom. The highest BCUT2D eigenvalue weighted by Crippen LogP contribution is 2.62. The molecule has 1 aromatic heterocycles. The molecular weight excluding hydrogens is 675 g/mol. The van der Waals surface area contributed by atoms with Crippen LogP contribution in [0.5, 0.6) is 0 Å². The first-order valence-electron chi connectivity index (χ1n) is 18.4. The highest BCUT2D eigenvalue weighted by atomic mass is 32.2. The molecule has 2 heterocycles. The Kier molecular flexibility index (Phi) is 6.20. The number of fused-ring (bicyclic) bond motifs is 12. The third-order valence-corrected chi connectivity index (χ3v) is 12.8. The Balaban J connectivity index is 1.05. The Morgan fingerprint density at radius 2 is 0.963 bits per heavy atom. The second-order valence-electron chi connectivity index (χ2n) is 14.3. The Hall–Kier alpha value is -6.62. The standard InChI is InChI=1S/C50H29N3S/c1-2-13-30(14-3-1)47-48(39-27-26-38-33-16-5-4-15-32(33)36-19-12-20-37(39)46(36)38)52-53-49(51-47)31-25-28-43-45(29-31)54-44-24-11-10-23-42(44)50(43)40-21-8-6-17-34(40)35-18-7-9-22-41(35)50/h1-29H. The summed E-state index contributed by atoms with van der Waals surface area (Å²) in [7, 11) is 0. The van der Waals surface area contributed by atoms with Crippen molar-refractivity contribution in [2.45, 2.75) is 15.2 Å². The third-order valence-electron chi connectivity index (χ3n) is 11.6. The Labute approximate surface area is 317 Å². The number of hydrogen-bond donors (Lipinski definition) is 0. The topological polar surface area (TPSA) is 38.7 Å². The summed E-state index contributed by atoms with van der Waals surface area (Å²) in [6.45, 7) is 0. The molecule has 0 atom stereocenters. The summed E-state index contributed by atoms with van der Waals surface area (Å²) >= 11 is 1.83. The lowest BCUT2D eigenvalue weighted by atomic mass is 9.67. The van der Waals surface area contributed by atoms with Crippen LogP contribution < -0.4 is 0 Å². The van der Waals surface area contributed by atoms with E-state index in [9.17, 15) is 0 Å². The second kappa shape index (κ2) is 11.2. The van der Waals surface area contributed by atoms with Gasteiger partial charge in [0.1, 0.15) is 11.4 Å². The number of nitrogens with zero attached hydrogens (tertiary/aromatic N) is 3. The largest absolute Gasteiger partial charge is 0.224 e. The van der Waals surface area contributed by atoms with E-state index in [-0.39, 0.29) is 0 Å². The van der Waals surface area contributed by atoms with Crippen LogP contribution in [-0.4, -0.2) is 15.2 Å². The molecule has 12 rings (SSSR count). The number of hydrogen-bond acceptors (Lipinski definition) is 4. The van der Waals surface area contributed by atoms with E-state index in [1.54, 1.807) is 0 Å². The van der Waals surface area contributed by atoms with Gasteiger partial charge in [-0.15, -0.1) is 10.2 Å². The van der Waals surface area contributed by atoms with Gasteiger partial charge in [0.05, 0.1) is 5.41 Å². The molecule has 0 saturated carbocycles. The molecule has 0 N–H and O–H groups in total. The molecule has 0 unspecified atom stereocenters. The monoisotopic (exact) mass is 703 g/mol. The van der Waals surface area contributed by atoms with Gasteiger partial charge in [-0.3, -0.25) is 0 Å². The molecule has 0 bridgehead atoms. The molecule has 54 heavy (non-hydrogen) atoms. The predicted molar refractivity (Wildman–Crippen MR) is 219 cm³/mol. The summed E-state index contributed by atoms with van der Waals surface area (Å²) in [5, 5.41) is 12.4. The Morgan fingerprint density at radius 3 is 1.72 bits per heavy atom. The SMILES string of the molecule is c1ccc(-c2nc(-c3ccc4c(c3)Sc3ccccc3C43c4ccccc4-c4ccccc43)nnc2-c2ccc3c4c(cccc24)-c2ccccc2-3)cc1. The molecule has 0 saturated heterocycles. The lowest BCUT2D eigenvalue weighted by Gasteiger charge is -2.39. The van der Waals surface area contributed by atoms with E-state index in [4.69, 9.17) is 15.2 Å². The van der Waals surface area contributed by atoms with Crippen LogP contribution in [0.15, 0.2) is 186 Å². The molecule has 2 aliphatic carbocycles. The maximum atomic E-state index is 5.37. The first-order chi connectivity index (χ1) is 26.8. The molecule has 9 aromatic rings. The van der Waals surface area contributed by atoms with Crippen molar-refractivity contribution in [2.24, 2.45) is 0 Å². The zero-order valence-electron chi connectivity index (χ0n) is 29.0. The molecule has 250 valence electrons. The Bertz CT molecular complexity index is 2960. The minimum absolute atomic E-state index is 0.420. The van der Waals surface area contributed by atoms with Gasteiger partial charge in [0.25, 0.3) is 0 Å². The molecule has 1 aliphatic heterocycles. The van der Waals surface area contributed by atoms with Gasteiger partial charge in [0.15, 0.2) is 5.82 Å². The van der Waals surface area contributed by atoms with Gasteiger partial charge >= 0.3 is 0 Å². The van der Waals surface area contributed by atoms with E-state index in [1.807, 2.05) is 17.8 Å². The smallest absolute Gasteiger partial charge is 0.182 e. The molecule has 1 spiro atoms. The van der Waals surface area contributed by atoms with E-state index in [0.717, 1.165) is 33.5 Å². The van der Waals surface area contributed by atoms with Gasteiger partial charge in [0, 0.05) is 26.5 Å².